The normalized spacial score (nSPS) is 10.7. The first-order valence-electron chi connectivity index (χ1n) is 4.81. The van der Waals surface area contributed by atoms with E-state index >= 15 is 0 Å². The molecule has 1 N–H and O–H groups in total. The number of rotatable bonds is 3. The first-order chi connectivity index (χ1) is 6.99. The number of carboxylic acid groups (broad SMARTS) is 1. The standard InChI is InChI=1S/C10H14N2O3/c1-4-12-5-11-8(6(2)3)7(9(12)13)10(14)15/h5-6H,4H2,1-3H3,(H,14,15). The van der Waals surface area contributed by atoms with Gasteiger partial charge in [-0.25, -0.2) is 9.78 Å². The van der Waals surface area contributed by atoms with Crippen LogP contribution in [0.25, 0.3) is 0 Å². The molecular weight excluding hydrogens is 196 g/mol. The quantitative estimate of drug-likeness (QED) is 0.810. The predicted octanol–water partition coefficient (Wildman–Crippen LogP) is 1.08. The molecule has 1 aromatic rings. The van der Waals surface area contributed by atoms with E-state index < -0.39 is 11.5 Å². The third-order valence-electron chi connectivity index (χ3n) is 2.17. The number of carboxylic acids is 1. The van der Waals surface area contributed by atoms with Crippen LogP contribution in [0.4, 0.5) is 0 Å². The maximum Gasteiger partial charge on any atom is 0.343 e. The Kier molecular flexibility index (Phi) is 3.24. The second kappa shape index (κ2) is 4.25. The molecule has 0 bridgehead atoms. The number of carbonyl (C=O) groups is 1. The van der Waals surface area contributed by atoms with Crippen molar-refractivity contribution in [2.24, 2.45) is 0 Å². The summed E-state index contributed by atoms with van der Waals surface area (Å²) in [6.07, 6.45) is 1.39. The number of nitrogens with zero attached hydrogens (tertiary/aromatic N) is 2. The molecule has 0 aliphatic heterocycles. The Morgan fingerprint density at radius 3 is 2.60 bits per heavy atom. The van der Waals surface area contributed by atoms with Gasteiger partial charge in [-0.1, -0.05) is 13.8 Å². The summed E-state index contributed by atoms with van der Waals surface area (Å²) in [5, 5.41) is 8.96. The van der Waals surface area contributed by atoms with Crippen LogP contribution in [0.15, 0.2) is 11.1 Å². The van der Waals surface area contributed by atoms with Crippen LogP contribution >= 0.6 is 0 Å². The highest BCUT2D eigenvalue weighted by Crippen LogP contribution is 2.13. The number of aryl methyl sites for hydroxylation is 1. The minimum atomic E-state index is -1.21. The van der Waals surface area contributed by atoms with Crippen LogP contribution in [-0.2, 0) is 6.54 Å². The van der Waals surface area contributed by atoms with Gasteiger partial charge in [0.25, 0.3) is 5.56 Å². The average Bonchev–Trinajstić information content (AvgIpc) is 2.16. The van der Waals surface area contributed by atoms with Gasteiger partial charge in [-0.2, -0.15) is 0 Å². The van der Waals surface area contributed by atoms with Crippen molar-refractivity contribution >= 4 is 5.97 Å². The fourth-order valence-corrected chi connectivity index (χ4v) is 1.37. The predicted molar refractivity (Wildman–Crippen MR) is 55.2 cm³/mol. The smallest absolute Gasteiger partial charge is 0.343 e. The molecule has 1 heterocycles. The molecule has 0 aromatic carbocycles. The third kappa shape index (κ3) is 2.06. The van der Waals surface area contributed by atoms with Crippen LogP contribution in [0, 0.1) is 0 Å². The molecular formula is C10H14N2O3. The number of aromatic nitrogens is 2. The van der Waals surface area contributed by atoms with E-state index in [-0.39, 0.29) is 11.5 Å². The molecule has 0 atom stereocenters. The van der Waals surface area contributed by atoms with E-state index in [4.69, 9.17) is 5.11 Å². The molecule has 0 unspecified atom stereocenters. The molecule has 0 saturated heterocycles. The number of hydrogen-bond donors (Lipinski definition) is 1. The van der Waals surface area contributed by atoms with Crippen LogP contribution in [0.3, 0.4) is 0 Å². The van der Waals surface area contributed by atoms with Gasteiger partial charge in [0.1, 0.15) is 5.56 Å². The maximum absolute atomic E-state index is 11.7. The summed E-state index contributed by atoms with van der Waals surface area (Å²) < 4.78 is 1.29. The van der Waals surface area contributed by atoms with Gasteiger partial charge in [0.05, 0.1) is 12.0 Å². The molecule has 1 rings (SSSR count). The highest BCUT2D eigenvalue weighted by atomic mass is 16.4. The second-order valence-electron chi connectivity index (χ2n) is 3.56. The summed E-state index contributed by atoms with van der Waals surface area (Å²) in [6, 6.07) is 0. The van der Waals surface area contributed by atoms with Gasteiger partial charge in [-0.05, 0) is 12.8 Å². The van der Waals surface area contributed by atoms with E-state index in [1.165, 1.54) is 10.9 Å². The molecule has 5 heteroatoms. The lowest BCUT2D eigenvalue weighted by molar-refractivity contribution is 0.0691. The van der Waals surface area contributed by atoms with Gasteiger partial charge in [-0.3, -0.25) is 9.36 Å². The summed E-state index contributed by atoms with van der Waals surface area (Å²) >= 11 is 0. The van der Waals surface area contributed by atoms with Crippen LogP contribution in [0.2, 0.25) is 0 Å². The fourth-order valence-electron chi connectivity index (χ4n) is 1.37. The molecule has 0 spiro atoms. The van der Waals surface area contributed by atoms with Gasteiger partial charge < -0.3 is 5.11 Å². The lowest BCUT2D eigenvalue weighted by Gasteiger charge is -2.10. The Hall–Kier alpha value is -1.65. The monoisotopic (exact) mass is 210 g/mol. The van der Waals surface area contributed by atoms with Crippen molar-refractivity contribution in [2.75, 3.05) is 0 Å². The summed E-state index contributed by atoms with van der Waals surface area (Å²) in [4.78, 5) is 26.7. The van der Waals surface area contributed by atoms with E-state index in [9.17, 15) is 9.59 Å². The first kappa shape index (κ1) is 11.4. The summed E-state index contributed by atoms with van der Waals surface area (Å²) in [6.45, 7) is 5.81. The Morgan fingerprint density at radius 2 is 2.20 bits per heavy atom. The van der Waals surface area contributed by atoms with E-state index in [0.717, 1.165) is 0 Å². The minimum Gasteiger partial charge on any atom is -0.477 e. The molecule has 0 amide bonds. The average molecular weight is 210 g/mol. The number of aromatic carboxylic acids is 1. The second-order valence-corrected chi connectivity index (χ2v) is 3.56. The minimum absolute atomic E-state index is 0.0738. The molecule has 15 heavy (non-hydrogen) atoms. The Balaban J connectivity index is 3.52. The fraction of sp³-hybridized carbons (Fsp3) is 0.500. The van der Waals surface area contributed by atoms with Crippen LogP contribution in [0.1, 0.15) is 42.7 Å². The van der Waals surface area contributed by atoms with Crippen molar-refractivity contribution in [1.29, 1.82) is 0 Å². The molecule has 0 fully saturated rings. The van der Waals surface area contributed by atoms with Crippen molar-refractivity contribution < 1.29 is 9.90 Å². The molecule has 0 aliphatic rings. The molecule has 0 saturated carbocycles. The zero-order valence-electron chi connectivity index (χ0n) is 9.02. The molecule has 5 nitrogen and oxygen atoms in total. The van der Waals surface area contributed by atoms with Gasteiger partial charge in [0.2, 0.25) is 0 Å². The van der Waals surface area contributed by atoms with E-state index in [2.05, 4.69) is 4.98 Å². The molecule has 0 radical (unpaired) electrons. The van der Waals surface area contributed by atoms with Crippen LogP contribution in [0.5, 0.6) is 0 Å². The summed E-state index contributed by atoms with van der Waals surface area (Å²) in [5.74, 6) is -1.28. The van der Waals surface area contributed by atoms with Gasteiger partial charge in [0.15, 0.2) is 0 Å². The third-order valence-corrected chi connectivity index (χ3v) is 2.17. The van der Waals surface area contributed by atoms with Crippen molar-refractivity contribution in [3.63, 3.8) is 0 Å². The highest BCUT2D eigenvalue weighted by Gasteiger charge is 2.19. The lowest BCUT2D eigenvalue weighted by Crippen LogP contribution is -2.29. The zero-order valence-corrected chi connectivity index (χ0v) is 9.02. The van der Waals surface area contributed by atoms with Gasteiger partial charge in [0, 0.05) is 6.54 Å². The van der Waals surface area contributed by atoms with Gasteiger partial charge >= 0.3 is 5.97 Å². The van der Waals surface area contributed by atoms with E-state index in [1.807, 2.05) is 13.8 Å². The topological polar surface area (TPSA) is 72.2 Å². The number of hydrogen-bond acceptors (Lipinski definition) is 3. The van der Waals surface area contributed by atoms with Crippen molar-refractivity contribution in [3.05, 3.63) is 27.9 Å². The molecule has 0 aliphatic carbocycles. The van der Waals surface area contributed by atoms with Gasteiger partial charge in [-0.15, -0.1) is 0 Å². The SMILES string of the molecule is CCn1cnc(C(C)C)c(C(=O)O)c1=O. The van der Waals surface area contributed by atoms with E-state index in [1.54, 1.807) is 6.92 Å². The van der Waals surface area contributed by atoms with E-state index in [0.29, 0.717) is 12.2 Å². The zero-order chi connectivity index (χ0) is 11.6. The Labute approximate surface area is 87.4 Å². The highest BCUT2D eigenvalue weighted by molar-refractivity contribution is 5.88. The maximum atomic E-state index is 11.7. The largest absolute Gasteiger partial charge is 0.477 e. The van der Waals surface area contributed by atoms with Crippen molar-refractivity contribution in [2.45, 2.75) is 33.2 Å². The van der Waals surface area contributed by atoms with Crippen molar-refractivity contribution in [3.8, 4) is 0 Å². The Morgan fingerprint density at radius 1 is 1.60 bits per heavy atom. The Bertz CT molecular complexity index is 435. The van der Waals surface area contributed by atoms with Crippen molar-refractivity contribution in [1.82, 2.24) is 9.55 Å². The molecule has 82 valence electrons. The van der Waals surface area contributed by atoms with Crippen LogP contribution < -0.4 is 5.56 Å². The molecule has 1 aromatic heterocycles. The van der Waals surface area contributed by atoms with Crippen LogP contribution in [-0.4, -0.2) is 20.6 Å². The lowest BCUT2D eigenvalue weighted by atomic mass is 10.1. The first-order valence-corrected chi connectivity index (χ1v) is 4.81. The summed E-state index contributed by atoms with van der Waals surface area (Å²) in [5.41, 5.74) is -0.352. The summed E-state index contributed by atoms with van der Waals surface area (Å²) in [7, 11) is 0.